The lowest BCUT2D eigenvalue weighted by molar-refractivity contribution is 0.100. The zero-order chi connectivity index (χ0) is 22.5. The van der Waals surface area contributed by atoms with Gasteiger partial charge in [0.1, 0.15) is 11.6 Å². The summed E-state index contributed by atoms with van der Waals surface area (Å²) in [6, 6.07) is 14.1. The van der Waals surface area contributed by atoms with Crippen molar-refractivity contribution in [2.45, 2.75) is 37.8 Å². The molecule has 1 aromatic carbocycles. The SMILES string of the molecule is NC(=O)c1cc(F)c(NC2CCCCC2N)nc1Nc1ccc(Nc2ccccc2)nc1. The number of aromatic nitrogens is 2. The van der Waals surface area contributed by atoms with Gasteiger partial charge in [-0.25, -0.2) is 14.4 Å². The lowest BCUT2D eigenvalue weighted by Gasteiger charge is -2.30. The smallest absolute Gasteiger partial charge is 0.252 e. The second-order valence-electron chi connectivity index (χ2n) is 7.83. The van der Waals surface area contributed by atoms with Gasteiger partial charge in [-0.2, -0.15) is 0 Å². The average molecular weight is 436 g/mol. The lowest BCUT2D eigenvalue weighted by Crippen LogP contribution is -2.43. The van der Waals surface area contributed by atoms with Crippen molar-refractivity contribution in [1.82, 2.24) is 9.97 Å². The average Bonchev–Trinajstić information content (AvgIpc) is 2.79. The molecule has 0 bridgehead atoms. The van der Waals surface area contributed by atoms with Crippen molar-refractivity contribution in [1.29, 1.82) is 0 Å². The van der Waals surface area contributed by atoms with E-state index in [0.717, 1.165) is 37.4 Å². The van der Waals surface area contributed by atoms with Gasteiger partial charge in [-0.05, 0) is 43.2 Å². The van der Waals surface area contributed by atoms with Crippen LogP contribution in [0.3, 0.4) is 0 Å². The Hall–Kier alpha value is -3.72. The molecule has 2 aromatic heterocycles. The lowest BCUT2D eigenvalue weighted by atomic mass is 9.91. The molecule has 1 fully saturated rings. The molecule has 0 saturated heterocycles. The Morgan fingerprint density at radius 1 is 1.00 bits per heavy atom. The summed E-state index contributed by atoms with van der Waals surface area (Å²) in [6.07, 6.45) is 5.38. The van der Waals surface area contributed by atoms with Crippen molar-refractivity contribution >= 4 is 34.7 Å². The molecule has 1 saturated carbocycles. The fourth-order valence-electron chi connectivity index (χ4n) is 3.74. The molecule has 1 aliphatic carbocycles. The van der Waals surface area contributed by atoms with Crippen molar-refractivity contribution in [3.05, 3.63) is 66.1 Å². The maximum absolute atomic E-state index is 14.6. The van der Waals surface area contributed by atoms with Gasteiger partial charge in [-0.3, -0.25) is 4.79 Å². The quantitative estimate of drug-likeness (QED) is 0.380. The number of rotatable bonds is 7. The number of carbonyl (C=O) groups excluding carboxylic acids is 1. The van der Waals surface area contributed by atoms with Gasteiger partial charge >= 0.3 is 0 Å². The number of anilines is 5. The van der Waals surface area contributed by atoms with E-state index in [1.165, 1.54) is 0 Å². The van der Waals surface area contributed by atoms with Crippen LogP contribution in [0.15, 0.2) is 54.7 Å². The van der Waals surface area contributed by atoms with Crippen LogP contribution in [-0.2, 0) is 0 Å². The minimum atomic E-state index is -0.782. The third-order valence-electron chi connectivity index (χ3n) is 5.46. The predicted molar refractivity (Wildman–Crippen MR) is 124 cm³/mol. The van der Waals surface area contributed by atoms with Crippen LogP contribution < -0.4 is 27.4 Å². The van der Waals surface area contributed by atoms with Crippen molar-refractivity contribution < 1.29 is 9.18 Å². The molecule has 3 aromatic rings. The van der Waals surface area contributed by atoms with E-state index in [9.17, 15) is 9.18 Å². The van der Waals surface area contributed by atoms with Gasteiger partial charge < -0.3 is 27.4 Å². The first-order valence-corrected chi connectivity index (χ1v) is 10.6. The number of carbonyl (C=O) groups is 1. The molecular formula is C23H26FN7O. The fraction of sp³-hybridized carbons (Fsp3) is 0.261. The van der Waals surface area contributed by atoms with Crippen LogP contribution in [0.4, 0.5) is 33.2 Å². The third-order valence-corrected chi connectivity index (χ3v) is 5.46. The number of nitrogens with one attached hydrogen (secondary N) is 3. The van der Waals surface area contributed by atoms with Crippen molar-refractivity contribution in [2.24, 2.45) is 11.5 Å². The molecule has 0 aliphatic heterocycles. The number of nitrogens with zero attached hydrogens (tertiary/aromatic N) is 2. The first kappa shape index (κ1) is 21.5. The molecule has 2 heterocycles. The maximum Gasteiger partial charge on any atom is 0.252 e. The first-order valence-electron chi connectivity index (χ1n) is 10.6. The molecular weight excluding hydrogens is 409 g/mol. The normalized spacial score (nSPS) is 18.1. The van der Waals surface area contributed by atoms with E-state index >= 15 is 0 Å². The van der Waals surface area contributed by atoms with Crippen LogP contribution >= 0.6 is 0 Å². The highest BCUT2D eigenvalue weighted by Crippen LogP contribution is 2.27. The number of pyridine rings is 2. The highest BCUT2D eigenvalue weighted by molar-refractivity contribution is 5.98. The Morgan fingerprint density at radius 2 is 1.78 bits per heavy atom. The summed E-state index contributed by atoms with van der Waals surface area (Å²) in [5.74, 6) is -0.595. The monoisotopic (exact) mass is 435 g/mol. The zero-order valence-electron chi connectivity index (χ0n) is 17.5. The second kappa shape index (κ2) is 9.61. The Morgan fingerprint density at radius 3 is 2.47 bits per heavy atom. The summed E-state index contributed by atoms with van der Waals surface area (Å²) in [5.41, 5.74) is 13.1. The molecule has 0 spiro atoms. The number of halogens is 1. The van der Waals surface area contributed by atoms with Crippen LogP contribution in [0, 0.1) is 5.82 Å². The van der Waals surface area contributed by atoms with Gasteiger partial charge in [-0.1, -0.05) is 31.0 Å². The van der Waals surface area contributed by atoms with Crippen molar-refractivity contribution in [3.8, 4) is 0 Å². The molecule has 2 unspecified atom stereocenters. The third kappa shape index (κ3) is 5.12. The minimum absolute atomic E-state index is 0.0372. The van der Waals surface area contributed by atoms with Crippen LogP contribution in [-0.4, -0.2) is 28.0 Å². The van der Waals surface area contributed by atoms with E-state index in [1.54, 1.807) is 18.3 Å². The van der Waals surface area contributed by atoms with Crippen molar-refractivity contribution in [2.75, 3.05) is 16.0 Å². The highest BCUT2D eigenvalue weighted by atomic mass is 19.1. The summed E-state index contributed by atoms with van der Waals surface area (Å²) in [6.45, 7) is 0. The molecule has 1 aliphatic rings. The zero-order valence-corrected chi connectivity index (χ0v) is 17.5. The highest BCUT2D eigenvalue weighted by Gasteiger charge is 2.24. The molecule has 7 N–H and O–H groups in total. The van der Waals surface area contributed by atoms with Crippen LogP contribution in [0.2, 0.25) is 0 Å². The minimum Gasteiger partial charge on any atom is -0.365 e. The number of amides is 1. The number of hydrogen-bond acceptors (Lipinski definition) is 7. The number of para-hydroxylation sites is 1. The summed E-state index contributed by atoms with van der Waals surface area (Å²) >= 11 is 0. The van der Waals surface area contributed by atoms with Crippen molar-refractivity contribution in [3.63, 3.8) is 0 Å². The summed E-state index contributed by atoms with van der Waals surface area (Å²) in [4.78, 5) is 20.6. The molecule has 0 radical (unpaired) electrons. The number of benzene rings is 1. The molecule has 32 heavy (non-hydrogen) atoms. The van der Waals surface area contributed by atoms with E-state index in [-0.39, 0.29) is 29.3 Å². The van der Waals surface area contributed by atoms with Gasteiger partial charge in [0, 0.05) is 17.8 Å². The molecule has 1 amide bonds. The number of hydrogen-bond donors (Lipinski definition) is 5. The van der Waals surface area contributed by atoms with E-state index in [4.69, 9.17) is 11.5 Å². The molecule has 2 atom stereocenters. The van der Waals surface area contributed by atoms with Crippen LogP contribution in [0.5, 0.6) is 0 Å². The van der Waals surface area contributed by atoms with E-state index < -0.39 is 11.7 Å². The predicted octanol–water partition coefficient (Wildman–Crippen LogP) is 3.88. The second-order valence-corrected chi connectivity index (χ2v) is 7.83. The van der Waals surface area contributed by atoms with Gasteiger partial charge in [0.05, 0.1) is 17.4 Å². The largest absolute Gasteiger partial charge is 0.365 e. The Labute approximate surface area is 185 Å². The van der Waals surface area contributed by atoms with Crippen LogP contribution in [0.1, 0.15) is 36.0 Å². The van der Waals surface area contributed by atoms with E-state index in [1.807, 2.05) is 30.3 Å². The first-order chi connectivity index (χ1) is 15.5. The Kier molecular flexibility index (Phi) is 6.46. The number of nitrogens with two attached hydrogens (primary N) is 2. The maximum atomic E-state index is 14.6. The fourth-order valence-corrected chi connectivity index (χ4v) is 3.74. The van der Waals surface area contributed by atoms with Gasteiger partial charge in [-0.15, -0.1) is 0 Å². The summed E-state index contributed by atoms with van der Waals surface area (Å²) in [7, 11) is 0. The Balaban J connectivity index is 1.54. The van der Waals surface area contributed by atoms with Gasteiger partial charge in [0.25, 0.3) is 5.91 Å². The topological polar surface area (TPSA) is 131 Å². The van der Waals surface area contributed by atoms with E-state index in [2.05, 4.69) is 25.9 Å². The van der Waals surface area contributed by atoms with E-state index in [0.29, 0.717) is 11.5 Å². The molecule has 166 valence electrons. The molecule has 4 rings (SSSR count). The summed E-state index contributed by atoms with van der Waals surface area (Å²) < 4.78 is 14.6. The number of primary amides is 1. The molecule has 8 nitrogen and oxygen atoms in total. The van der Waals surface area contributed by atoms with Gasteiger partial charge in [0.2, 0.25) is 0 Å². The Bertz CT molecular complexity index is 1080. The molecule has 9 heteroatoms. The van der Waals surface area contributed by atoms with Crippen LogP contribution in [0.25, 0.3) is 0 Å². The standard InChI is InChI=1S/C23H26FN7O/c24-17-12-16(21(26)32)22(31-23(17)30-19-9-5-4-8-18(19)25)29-15-10-11-20(27-13-15)28-14-6-2-1-3-7-14/h1-3,6-7,10-13,18-19H,4-5,8-9,25H2,(H2,26,32)(H,27,28)(H2,29,30,31). The van der Waals surface area contributed by atoms with Gasteiger partial charge in [0.15, 0.2) is 11.6 Å². The summed E-state index contributed by atoms with van der Waals surface area (Å²) in [5, 5.41) is 9.31.